The second-order valence-electron chi connectivity index (χ2n) is 6.87. The van der Waals surface area contributed by atoms with Crippen LogP contribution in [0.4, 0.5) is 5.69 Å². The molecule has 3 amide bonds. The van der Waals surface area contributed by atoms with Gasteiger partial charge in [-0.15, -0.1) is 0 Å². The maximum atomic E-state index is 12.4. The molecule has 2 N–H and O–H groups in total. The van der Waals surface area contributed by atoms with Gasteiger partial charge in [0.05, 0.1) is 6.61 Å². The maximum absolute atomic E-state index is 12.4. The Bertz CT molecular complexity index is 942. The Labute approximate surface area is 175 Å². The number of ether oxygens (including phenoxy) is 2. The molecule has 0 radical (unpaired) electrons. The third-order valence-electron chi connectivity index (χ3n) is 4.73. The van der Waals surface area contributed by atoms with Crippen LogP contribution in [0.25, 0.3) is 0 Å². The average molecular weight is 411 g/mol. The number of benzene rings is 2. The molecule has 0 fully saturated rings. The fraction of sp³-hybridized carbons (Fsp3) is 0.318. The van der Waals surface area contributed by atoms with E-state index in [4.69, 9.17) is 9.47 Å². The normalized spacial score (nSPS) is 13.2. The van der Waals surface area contributed by atoms with Gasteiger partial charge in [0.1, 0.15) is 11.5 Å². The topological polar surface area (TPSA) is 97.0 Å². The summed E-state index contributed by atoms with van der Waals surface area (Å²) in [6.07, 6.45) is -0.123. The Balaban J connectivity index is 1.53. The second kappa shape index (κ2) is 9.30. The number of anilines is 1. The van der Waals surface area contributed by atoms with Gasteiger partial charge >= 0.3 is 0 Å². The minimum atomic E-state index is -0.813. The van der Waals surface area contributed by atoms with E-state index in [1.807, 2.05) is 6.92 Å². The van der Waals surface area contributed by atoms with E-state index in [1.54, 1.807) is 54.3 Å². The molecule has 30 heavy (non-hydrogen) atoms. The number of hydrazine groups is 1. The highest BCUT2D eigenvalue weighted by atomic mass is 16.5. The highest BCUT2D eigenvalue weighted by Crippen LogP contribution is 2.28. The second-order valence-corrected chi connectivity index (χ2v) is 6.87. The number of amides is 3. The van der Waals surface area contributed by atoms with E-state index in [-0.39, 0.29) is 5.91 Å². The number of fused-ring (bicyclic) bond motifs is 1. The Morgan fingerprint density at radius 1 is 1.07 bits per heavy atom. The number of carbonyl (C=O) groups is 3. The van der Waals surface area contributed by atoms with Crippen molar-refractivity contribution in [3.8, 4) is 11.5 Å². The minimum absolute atomic E-state index is 0.0280. The Kier molecular flexibility index (Phi) is 6.56. The number of carbonyl (C=O) groups excluding carboxylic acids is 3. The molecule has 0 saturated carbocycles. The van der Waals surface area contributed by atoms with Crippen molar-refractivity contribution in [3.63, 3.8) is 0 Å². The zero-order valence-electron chi connectivity index (χ0n) is 17.2. The number of hydrogen-bond donors (Lipinski definition) is 2. The molecule has 3 rings (SSSR count). The molecule has 8 nitrogen and oxygen atoms in total. The smallest absolute Gasteiger partial charge is 0.279 e. The molecule has 0 bridgehead atoms. The van der Waals surface area contributed by atoms with Crippen LogP contribution in [0.1, 0.15) is 36.7 Å². The zero-order valence-corrected chi connectivity index (χ0v) is 17.2. The monoisotopic (exact) mass is 411 g/mol. The average Bonchev–Trinajstić information content (AvgIpc) is 3.17. The summed E-state index contributed by atoms with van der Waals surface area (Å²) in [6, 6.07) is 12.0. The summed E-state index contributed by atoms with van der Waals surface area (Å²) in [4.78, 5) is 37.9. The summed E-state index contributed by atoms with van der Waals surface area (Å²) in [5.74, 6) is 0.276. The number of hydrogen-bond acceptors (Lipinski definition) is 5. The summed E-state index contributed by atoms with van der Waals surface area (Å²) in [5, 5.41) is 0. The van der Waals surface area contributed by atoms with Gasteiger partial charge in [-0.1, -0.05) is 0 Å². The molecule has 0 aliphatic carbocycles. The van der Waals surface area contributed by atoms with Crippen LogP contribution in [-0.4, -0.2) is 37.0 Å². The predicted octanol–water partition coefficient (Wildman–Crippen LogP) is 2.22. The van der Waals surface area contributed by atoms with E-state index < -0.39 is 17.9 Å². The number of nitrogens with zero attached hydrogens (tertiary/aromatic N) is 1. The van der Waals surface area contributed by atoms with Crippen LogP contribution < -0.4 is 25.2 Å². The van der Waals surface area contributed by atoms with Crippen molar-refractivity contribution in [1.82, 2.24) is 10.9 Å². The highest BCUT2D eigenvalue weighted by molar-refractivity contribution is 5.98. The summed E-state index contributed by atoms with van der Waals surface area (Å²) in [7, 11) is 0. The first-order valence-corrected chi connectivity index (χ1v) is 9.79. The number of rotatable bonds is 6. The maximum Gasteiger partial charge on any atom is 0.279 e. The molecular formula is C22H25N3O5. The molecule has 0 saturated heterocycles. The van der Waals surface area contributed by atoms with Crippen LogP contribution in [0.2, 0.25) is 0 Å². The summed E-state index contributed by atoms with van der Waals surface area (Å²) < 4.78 is 10.9. The van der Waals surface area contributed by atoms with Gasteiger partial charge in [0.25, 0.3) is 11.8 Å². The standard InChI is InChI=1S/C22H25N3O5/c1-4-29-18-6-8-19(9-7-18)30-14(2)21(27)23-24-22(28)17-5-10-20-16(13-17)11-12-25(20)15(3)26/h5-10,13-14H,4,11-12H2,1-3H3,(H,23,27)(H,24,28). The number of nitrogens with one attached hydrogen (secondary N) is 2. The molecule has 0 aromatic heterocycles. The lowest BCUT2D eigenvalue weighted by molar-refractivity contribution is -0.128. The summed E-state index contributed by atoms with van der Waals surface area (Å²) in [6.45, 7) is 6.17. The summed E-state index contributed by atoms with van der Waals surface area (Å²) >= 11 is 0. The van der Waals surface area contributed by atoms with E-state index in [2.05, 4.69) is 10.9 Å². The first-order valence-electron chi connectivity index (χ1n) is 9.79. The quantitative estimate of drug-likeness (QED) is 0.711. The third-order valence-corrected chi connectivity index (χ3v) is 4.73. The zero-order chi connectivity index (χ0) is 21.7. The van der Waals surface area contributed by atoms with Gasteiger partial charge in [-0.25, -0.2) is 0 Å². The van der Waals surface area contributed by atoms with E-state index >= 15 is 0 Å². The Morgan fingerprint density at radius 3 is 2.43 bits per heavy atom. The van der Waals surface area contributed by atoms with Gasteiger partial charge < -0.3 is 14.4 Å². The molecule has 1 aliphatic heterocycles. The van der Waals surface area contributed by atoms with Crippen molar-refractivity contribution in [2.24, 2.45) is 0 Å². The fourth-order valence-electron chi connectivity index (χ4n) is 3.20. The highest BCUT2D eigenvalue weighted by Gasteiger charge is 2.23. The van der Waals surface area contributed by atoms with Gasteiger partial charge in [-0.2, -0.15) is 0 Å². The molecule has 1 aliphatic rings. The lowest BCUT2D eigenvalue weighted by Crippen LogP contribution is -2.47. The van der Waals surface area contributed by atoms with Crippen molar-refractivity contribution in [1.29, 1.82) is 0 Å². The molecule has 0 spiro atoms. The van der Waals surface area contributed by atoms with Crippen LogP contribution in [0.15, 0.2) is 42.5 Å². The first-order chi connectivity index (χ1) is 14.4. The molecule has 2 aromatic rings. The predicted molar refractivity (Wildman–Crippen MR) is 111 cm³/mol. The molecule has 2 aromatic carbocycles. The van der Waals surface area contributed by atoms with Gasteiger partial charge in [0, 0.05) is 24.7 Å². The van der Waals surface area contributed by atoms with Crippen molar-refractivity contribution in [2.75, 3.05) is 18.1 Å². The van der Waals surface area contributed by atoms with E-state index in [9.17, 15) is 14.4 Å². The van der Waals surface area contributed by atoms with Crippen LogP contribution in [0.3, 0.4) is 0 Å². The molecular weight excluding hydrogens is 386 g/mol. The third kappa shape index (κ3) is 4.89. The molecule has 1 unspecified atom stereocenters. The first kappa shape index (κ1) is 21.2. The Morgan fingerprint density at radius 2 is 1.77 bits per heavy atom. The van der Waals surface area contributed by atoms with Crippen LogP contribution in [0, 0.1) is 0 Å². The van der Waals surface area contributed by atoms with Crippen LogP contribution in [0.5, 0.6) is 11.5 Å². The SMILES string of the molecule is CCOc1ccc(OC(C)C(=O)NNC(=O)c2ccc3c(c2)CCN3C(C)=O)cc1. The van der Waals surface area contributed by atoms with Gasteiger partial charge in [-0.3, -0.25) is 25.2 Å². The van der Waals surface area contributed by atoms with Crippen LogP contribution in [-0.2, 0) is 16.0 Å². The van der Waals surface area contributed by atoms with Crippen molar-refractivity contribution in [3.05, 3.63) is 53.6 Å². The largest absolute Gasteiger partial charge is 0.494 e. The van der Waals surface area contributed by atoms with Gasteiger partial charge in [0.2, 0.25) is 5.91 Å². The van der Waals surface area contributed by atoms with Gasteiger partial charge in [0.15, 0.2) is 6.10 Å². The van der Waals surface area contributed by atoms with Gasteiger partial charge in [-0.05, 0) is 68.3 Å². The van der Waals surface area contributed by atoms with Crippen molar-refractivity contribution in [2.45, 2.75) is 33.3 Å². The minimum Gasteiger partial charge on any atom is -0.494 e. The van der Waals surface area contributed by atoms with E-state index in [0.717, 1.165) is 17.0 Å². The van der Waals surface area contributed by atoms with Crippen molar-refractivity contribution >= 4 is 23.4 Å². The van der Waals surface area contributed by atoms with Crippen LogP contribution >= 0.6 is 0 Å². The lowest BCUT2D eigenvalue weighted by Gasteiger charge is -2.16. The lowest BCUT2D eigenvalue weighted by atomic mass is 10.1. The fourth-order valence-corrected chi connectivity index (χ4v) is 3.20. The molecule has 1 heterocycles. The molecule has 8 heteroatoms. The summed E-state index contributed by atoms with van der Waals surface area (Å²) in [5.41, 5.74) is 6.92. The Hall–Kier alpha value is -3.55. The van der Waals surface area contributed by atoms with Crippen molar-refractivity contribution < 1.29 is 23.9 Å². The molecule has 158 valence electrons. The molecule has 1 atom stereocenters. The van der Waals surface area contributed by atoms with E-state index in [0.29, 0.717) is 30.9 Å². The van der Waals surface area contributed by atoms with E-state index in [1.165, 1.54) is 6.92 Å².